The molecule has 0 spiro atoms. The molecule has 1 aromatic heterocycles. The first kappa shape index (κ1) is 23.6. The van der Waals surface area contributed by atoms with E-state index in [0.717, 1.165) is 0 Å². The summed E-state index contributed by atoms with van der Waals surface area (Å²) < 4.78 is 26.1. The summed E-state index contributed by atoms with van der Waals surface area (Å²) in [5.41, 5.74) is 0.790. The maximum Gasteiger partial charge on any atom is 0.333 e. The number of rotatable bonds is 5. The number of nitrogens with zero attached hydrogens (tertiary/aromatic N) is 2. The zero-order chi connectivity index (χ0) is 25.0. The summed E-state index contributed by atoms with van der Waals surface area (Å²) in [6.07, 6.45) is 0. The molecule has 1 aliphatic heterocycles. The van der Waals surface area contributed by atoms with E-state index in [4.69, 9.17) is 0 Å². The van der Waals surface area contributed by atoms with Gasteiger partial charge in [0.15, 0.2) is 9.84 Å². The second-order valence-electron chi connectivity index (χ2n) is 9.21. The lowest BCUT2D eigenvalue weighted by molar-refractivity contribution is -0.114. The number of phenolic OH excluding ortho intramolecular Hbond substituents is 1. The minimum atomic E-state index is -3.12. The van der Waals surface area contributed by atoms with Crippen molar-refractivity contribution in [1.29, 1.82) is 0 Å². The average molecular weight is 487 g/mol. The number of hydrogen-bond donors (Lipinski definition) is 3. The first-order valence-electron chi connectivity index (χ1n) is 10.7. The van der Waals surface area contributed by atoms with E-state index < -0.39 is 21.3 Å². The second-order valence-corrected chi connectivity index (χ2v) is 11.3. The second kappa shape index (κ2) is 8.01. The summed E-state index contributed by atoms with van der Waals surface area (Å²) in [5, 5.41) is 15.6. The van der Waals surface area contributed by atoms with Gasteiger partial charge in [-0.1, -0.05) is 0 Å². The monoisotopic (exact) mass is 486 g/mol. The highest BCUT2D eigenvalue weighted by atomic mass is 32.2. The predicted octanol–water partition coefficient (Wildman–Crippen LogP) is 1.95. The number of benzene rings is 2. The van der Waals surface area contributed by atoms with Gasteiger partial charge in [0, 0.05) is 24.6 Å². The van der Waals surface area contributed by atoms with Crippen molar-refractivity contribution >= 4 is 38.4 Å². The predicted molar refractivity (Wildman–Crippen MR) is 128 cm³/mol. The summed E-state index contributed by atoms with van der Waals surface area (Å²) >= 11 is 0. The molecule has 10 nitrogen and oxygen atoms in total. The van der Waals surface area contributed by atoms with Crippen molar-refractivity contribution in [2.75, 3.05) is 16.8 Å². The Morgan fingerprint density at radius 1 is 1.09 bits per heavy atom. The summed E-state index contributed by atoms with van der Waals surface area (Å²) in [6, 6.07) is 9.08. The first-order chi connectivity index (χ1) is 15.8. The number of aromatic hydroxyl groups is 1. The van der Waals surface area contributed by atoms with E-state index in [1.807, 2.05) is 13.8 Å². The number of anilines is 1. The summed E-state index contributed by atoms with van der Waals surface area (Å²) in [5.74, 6) is -1.18. The molecule has 0 saturated carbocycles. The maximum absolute atomic E-state index is 13.3. The highest BCUT2D eigenvalue weighted by molar-refractivity contribution is 7.93. The molecule has 11 heteroatoms. The third-order valence-corrected chi connectivity index (χ3v) is 7.85. The third kappa shape index (κ3) is 4.18. The molecule has 3 aromatic rings. The number of hydrogen-bond acceptors (Lipinski definition) is 6. The van der Waals surface area contributed by atoms with E-state index in [0.29, 0.717) is 22.3 Å². The van der Waals surface area contributed by atoms with Crippen molar-refractivity contribution in [2.24, 2.45) is 0 Å². The van der Waals surface area contributed by atoms with Gasteiger partial charge in [0.05, 0.1) is 39.5 Å². The van der Waals surface area contributed by atoms with E-state index >= 15 is 0 Å². The molecule has 0 bridgehead atoms. The Hall–Kier alpha value is -3.60. The lowest BCUT2D eigenvalue weighted by atomic mass is 10.1. The Morgan fingerprint density at radius 2 is 1.76 bits per heavy atom. The van der Waals surface area contributed by atoms with Crippen LogP contribution < -0.4 is 16.3 Å². The molecule has 34 heavy (non-hydrogen) atoms. The van der Waals surface area contributed by atoms with Crippen molar-refractivity contribution in [2.45, 2.75) is 39.3 Å². The molecular formula is C23H26N4O6S. The van der Waals surface area contributed by atoms with Crippen LogP contribution in [0, 0.1) is 0 Å². The van der Waals surface area contributed by atoms with Crippen molar-refractivity contribution in [3.05, 3.63) is 52.4 Å². The molecule has 0 unspecified atom stereocenters. The largest absolute Gasteiger partial charge is 0.506 e. The quantitative estimate of drug-likeness (QED) is 0.471. The minimum Gasteiger partial charge on any atom is -0.506 e. The molecule has 4 rings (SSSR count). The standard InChI is InChI=1S/C23H26N4O6S/c1-13(2)26-19-9-15(21(30)25-23(4)11-34(32,33)12-23)5-8-18(19)27(22(26)31)16-6-7-17(20(29)10-16)24-14(3)28/h5-10,13,29H,11-12H2,1-4H3,(H,24,28)(H,25,30). The van der Waals surface area contributed by atoms with Crippen LogP contribution in [0.25, 0.3) is 16.7 Å². The fourth-order valence-corrected chi connectivity index (χ4v) is 6.41. The van der Waals surface area contributed by atoms with Gasteiger partial charge in [-0.05, 0) is 51.1 Å². The summed E-state index contributed by atoms with van der Waals surface area (Å²) in [7, 11) is -3.12. The SMILES string of the molecule is CC(=O)Nc1ccc(-n2c(=O)n(C(C)C)c3cc(C(=O)NC4(C)CS(=O)(=O)C4)ccc32)cc1O. The van der Waals surface area contributed by atoms with Gasteiger partial charge in [0.25, 0.3) is 5.91 Å². The van der Waals surface area contributed by atoms with Crippen LogP contribution in [0.3, 0.4) is 0 Å². The topological polar surface area (TPSA) is 139 Å². The molecule has 0 radical (unpaired) electrons. The number of aromatic nitrogens is 2. The molecule has 1 fully saturated rings. The first-order valence-corrected chi connectivity index (χ1v) is 12.5. The van der Waals surface area contributed by atoms with Crippen LogP contribution in [0.5, 0.6) is 5.75 Å². The van der Waals surface area contributed by atoms with Crippen molar-refractivity contribution < 1.29 is 23.1 Å². The number of nitrogens with one attached hydrogen (secondary N) is 2. The number of phenols is 1. The minimum absolute atomic E-state index is 0.112. The zero-order valence-corrected chi connectivity index (χ0v) is 20.1. The highest BCUT2D eigenvalue weighted by Gasteiger charge is 2.45. The lowest BCUT2D eigenvalue weighted by Crippen LogP contribution is -2.63. The highest BCUT2D eigenvalue weighted by Crippen LogP contribution is 2.29. The van der Waals surface area contributed by atoms with Gasteiger partial charge in [-0.15, -0.1) is 0 Å². The van der Waals surface area contributed by atoms with Crippen LogP contribution in [0.15, 0.2) is 41.2 Å². The fourth-order valence-electron chi connectivity index (χ4n) is 4.41. The summed E-state index contributed by atoms with van der Waals surface area (Å²) in [6.45, 7) is 6.69. The third-order valence-electron chi connectivity index (χ3n) is 5.69. The van der Waals surface area contributed by atoms with E-state index in [1.165, 1.54) is 23.6 Å². The fraction of sp³-hybridized carbons (Fsp3) is 0.348. The molecule has 1 aliphatic rings. The molecule has 2 amide bonds. The Bertz CT molecular complexity index is 1490. The van der Waals surface area contributed by atoms with Crippen LogP contribution in [-0.4, -0.2) is 51.5 Å². The molecule has 3 N–H and O–H groups in total. The van der Waals surface area contributed by atoms with E-state index in [2.05, 4.69) is 10.6 Å². The van der Waals surface area contributed by atoms with Gasteiger partial charge in [-0.3, -0.25) is 18.7 Å². The van der Waals surface area contributed by atoms with Gasteiger partial charge in [-0.25, -0.2) is 13.2 Å². The average Bonchev–Trinajstić information content (AvgIpc) is 2.98. The number of amides is 2. The van der Waals surface area contributed by atoms with Gasteiger partial charge in [-0.2, -0.15) is 0 Å². The van der Waals surface area contributed by atoms with Crippen LogP contribution in [0.2, 0.25) is 0 Å². The Balaban J connectivity index is 1.78. The van der Waals surface area contributed by atoms with Crippen LogP contribution in [-0.2, 0) is 14.6 Å². The van der Waals surface area contributed by atoms with Crippen molar-refractivity contribution in [3.63, 3.8) is 0 Å². The van der Waals surface area contributed by atoms with Crippen LogP contribution in [0.1, 0.15) is 44.1 Å². The number of carbonyl (C=O) groups is 2. The number of carbonyl (C=O) groups excluding carboxylic acids is 2. The number of fused-ring (bicyclic) bond motifs is 1. The van der Waals surface area contributed by atoms with E-state index in [9.17, 15) is 27.9 Å². The van der Waals surface area contributed by atoms with Gasteiger partial charge in [0.2, 0.25) is 5.91 Å². The van der Waals surface area contributed by atoms with Gasteiger partial charge < -0.3 is 15.7 Å². The van der Waals surface area contributed by atoms with E-state index in [-0.39, 0.29) is 40.6 Å². The zero-order valence-electron chi connectivity index (χ0n) is 19.2. The van der Waals surface area contributed by atoms with Crippen LogP contribution >= 0.6 is 0 Å². The van der Waals surface area contributed by atoms with Crippen molar-refractivity contribution in [1.82, 2.24) is 14.5 Å². The van der Waals surface area contributed by atoms with Gasteiger partial charge in [0.1, 0.15) is 5.75 Å². The summed E-state index contributed by atoms with van der Waals surface area (Å²) in [4.78, 5) is 37.5. The smallest absolute Gasteiger partial charge is 0.333 e. The molecule has 0 atom stereocenters. The molecule has 180 valence electrons. The van der Waals surface area contributed by atoms with E-state index in [1.54, 1.807) is 35.8 Å². The molecule has 2 aromatic carbocycles. The Kier molecular flexibility index (Phi) is 5.55. The Morgan fingerprint density at radius 3 is 2.32 bits per heavy atom. The maximum atomic E-state index is 13.3. The number of imidazole rings is 1. The molecule has 2 heterocycles. The lowest BCUT2D eigenvalue weighted by Gasteiger charge is -2.38. The molecular weight excluding hydrogens is 460 g/mol. The Labute approximate surface area is 196 Å². The van der Waals surface area contributed by atoms with Gasteiger partial charge >= 0.3 is 5.69 Å². The van der Waals surface area contributed by atoms with Crippen molar-refractivity contribution in [3.8, 4) is 11.4 Å². The number of sulfone groups is 1. The molecule has 1 saturated heterocycles. The molecule has 0 aliphatic carbocycles. The normalized spacial score (nSPS) is 16.3. The van der Waals surface area contributed by atoms with Crippen LogP contribution in [0.4, 0.5) is 5.69 Å².